The van der Waals surface area contributed by atoms with Crippen molar-refractivity contribution in [1.29, 1.82) is 0 Å². The minimum atomic E-state index is -4.86. The van der Waals surface area contributed by atoms with E-state index in [-0.39, 0.29) is 26.2 Å². The van der Waals surface area contributed by atoms with Gasteiger partial charge >= 0.3 is 6.18 Å². The Balaban J connectivity index is 1.68. The summed E-state index contributed by atoms with van der Waals surface area (Å²) in [6.45, 7) is -1.14. The van der Waals surface area contributed by atoms with E-state index in [1.807, 2.05) is 0 Å². The molecule has 3 rings (SSSR count). The van der Waals surface area contributed by atoms with E-state index in [1.54, 1.807) is 0 Å². The fourth-order valence-electron chi connectivity index (χ4n) is 3.09. The molecule has 2 heterocycles. The van der Waals surface area contributed by atoms with Gasteiger partial charge in [0.1, 0.15) is 12.1 Å². The standard InChI is InChI=1S/C18H16F5N3O4S/c19-14-4-3-12(10-15(14)20)31(29,30)26-8-6-24(7-9-26)16(27)11-25-5-1-2-13(17(25)28)18(21,22)23/h1-5,10H,6-9,11H2. The van der Waals surface area contributed by atoms with Gasteiger partial charge in [0.15, 0.2) is 11.6 Å². The Bertz CT molecular complexity index is 1160. The first-order valence-electron chi connectivity index (χ1n) is 8.91. The molecule has 0 atom stereocenters. The summed E-state index contributed by atoms with van der Waals surface area (Å²) in [5.74, 6) is -3.17. The molecule has 1 saturated heterocycles. The van der Waals surface area contributed by atoms with E-state index in [1.165, 1.54) is 4.90 Å². The zero-order valence-electron chi connectivity index (χ0n) is 15.8. The number of carbonyl (C=O) groups excluding carboxylic acids is 1. The van der Waals surface area contributed by atoms with Crippen LogP contribution in [-0.4, -0.2) is 54.3 Å². The number of carbonyl (C=O) groups is 1. The molecule has 1 fully saturated rings. The number of rotatable bonds is 4. The van der Waals surface area contributed by atoms with E-state index in [4.69, 9.17) is 0 Å². The molecule has 0 saturated carbocycles. The van der Waals surface area contributed by atoms with E-state index in [0.717, 1.165) is 22.6 Å². The zero-order valence-corrected chi connectivity index (χ0v) is 16.6. The summed E-state index contributed by atoms with van der Waals surface area (Å²) < 4.78 is 91.7. The highest BCUT2D eigenvalue weighted by Gasteiger charge is 2.35. The van der Waals surface area contributed by atoms with E-state index < -0.39 is 56.3 Å². The van der Waals surface area contributed by atoms with Crippen molar-refractivity contribution in [2.75, 3.05) is 26.2 Å². The van der Waals surface area contributed by atoms with Crippen LogP contribution in [0.4, 0.5) is 22.0 Å². The van der Waals surface area contributed by atoms with Crippen LogP contribution in [0.3, 0.4) is 0 Å². The summed E-state index contributed by atoms with van der Waals surface area (Å²) in [6.07, 6.45) is -3.80. The Morgan fingerprint density at radius 1 is 1.00 bits per heavy atom. The number of nitrogens with zero attached hydrogens (tertiary/aromatic N) is 3. The van der Waals surface area contributed by atoms with E-state index in [0.29, 0.717) is 22.8 Å². The summed E-state index contributed by atoms with van der Waals surface area (Å²) in [5, 5.41) is 0. The topological polar surface area (TPSA) is 79.7 Å². The van der Waals surface area contributed by atoms with Crippen LogP contribution in [0.25, 0.3) is 0 Å². The molecule has 0 bridgehead atoms. The van der Waals surface area contributed by atoms with E-state index in [2.05, 4.69) is 0 Å². The van der Waals surface area contributed by atoms with Gasteiger partial charge in [-0.15, -0.1) is 0 Å². The molecule has 13 heteroatoms. The van der Waals surface area contributed by atoms with Gasteiger partial charge in [-0.3, -0.25) is 9.59 Å². The van der Waals surface area contributed by atoms with Gasteiger partial charge in [-0.25, -0.2) is 17.2 Å². The number of hydrogen-bond acceptors (Lipinski definition) is 4. The number of benzene rings is 1. The molecule has 1 amide bonds. The quantitative estimate of drug-likeness (QED) is 0.644. The summed E-state index contributed by atoms with van der Waals surface area (Å²) in [7, 11) is -4.13. The van der Waals surface area contributed by atoms with Crippen molar-refractivity contribution in [3.05, 3.63) is 64.1 Å². The first-order valence-corrected chi connectivity index (χ1v) is 10.3. The Labute approximate surface area is 173 Å². The van der Waals surface area contributed by atoms with Crippen molar-refractivity contribution in [3.63, 3.8) is 0 Å². The molecule has 1 aromatic carbocycles. The van der Waals surface area contributed by atoms with Crippen molar-refractivity contribution < 1.29 is 35.2 Å². The summed E-state index contributed by atoms with van der Waals surface area (Å²) in [4.78, 5) is 25.1. The minimum Gasteiger partial charge on any atom is -0.339 e. The molecule has 1 aliphatic rings. The molecule has 0 unspecified atom stereocenters. The van der Waals surface area contributed by atoms with Crippen molar-refractivity contribution >= 4 is 15.9 Å². The summed E-state index contributed by atoms with van der Waals surface area (Å²) in [6, 6.07) is 3.79. The van der Waals surface area contributed by atoms with Crippen molar-refractivity contribution in [3.8, 4) is 0 Å². The lowest BCUT2D eigenvalue weighted by molar-refractivity contribution is -0.139. The SMILES string of the molecule is O=C(Cn1cccc(C(F)(F)F)c1=O)N1CCN(S(=O)(=O)c2ccc(F)c(F)c2)CC1. The molecule has 31 heavy (non-hydrogen) atoms. The van der Waals surface area contributed by atoms with Gasteiger partial charge in [0, 0.05) is 32.4 Å². The smallest absolute Gasteiger partial charge is 0.339 e. The van der Waals surface area contributed by atoms with Crippen LogP contribution in [0.2, 0.25) is 0 Å². The largest absolute Gasteiger partial charge is 0.421 e. The molecule has 2 aromatic rings. The molecule has 168 valence electrons. The van der Waals surface area contributed by atoms with E-state index >= 15 is 0 Å². The third kappa shape index (κ3) is 4.77. The van der Waals surface area contributed by atoms with E-state index in [9.17, 15) is 40.0 Å². The first kappa shape index (κ1) is 22.9. The second-order valence-electron chi connectivity index (χ2n) is 6.71. The van der Waals surface area contributed by atoms with Crippen LogP contribution in [0.1, 0.15) is 5.56 Å². The molecular weight excluding hydrogens is 449 g/mol. The number of amides is 1. The Hall–Kier alpha value is -2.80. The third-order valence-electron chi connectivity index (χ3n) is 4.75. The maximum Gasteiger partial charge on any atom is 0.421 e. The maximum absolute atomic E-state index is 13.4. The minimum absolute atomic E-state index is 0.0878. The molecule has 0 aliphatic carbocycles. The number of alkyl halides is 3. The number of pyridine rings is 1. The zero-order chi connectivity index (χ0) is 23.0. The predicted octanol–water partition coefficient (Wildman–Crippen LogP) is 1.68. The predicted molar refractivity (Wildman–Crippen MR) is 97.4 cm³/mol. The molecule has 1 aromatic heterocycles. The Morgan fingerprint density at radius 2 is 1.65 bits per heavy atom. The van der Waals surface area contributed by atoms with Crippen LogP contribution in [-0.2, 0) is 27.5 Å². The van der Waals surface area contributed by atoms with Crippen molar-refractivity contribution in [2.24, 2.45) is 0 Å². The van der Waals surface area contributed by atoms with Crippen LogP contribution in [0.5, 0.6) is 0 Å². The fraction of sp³-hybridized carbons (Fsp3) is 0.333. The molecule has 0 N–H and O–H groups in total. The third-order valence-corrected chi connectivity index (χ3v) is 6.65. The number of sulfonamides is 1. The fourth-order valence-corrected chi connectivity index (χ4v) is 4.52. The monoisotopic (exact) mass is 465 g/mol. The second kappa shape index (κ2) is 8.38. The Kier molecular flexibility index (Phi) is 6.18. The highest BCUT2D eigenvalue weighted by atomic mass is 32.2. The number of aromatic nitrogens is 1. The van der Waals surface area contributed by atoms with Gasteiger partial charge in [-0.05, 0) is 30.3 Å². The van der Waals surface area contributed by atoms with Gasteiger partial charge in [-0.1, -0.05) is 0 Å². The lowest BCUT2D eigenvalue weighted by Gasteiger charge is -2.34. The van der Waals surface area contributed by atoms with Crippen LogP contribution in [0, 0.1) is 11.6 Å². The lowest BCUT2D eigenvalue weighted by Crippen LogP contribution is -2.51. The number of halogens is 5. The molecule has 1 aliphatic heterocycles. The summed E-state index contributed by atoms with van der Waals surface area (Å²) >= 11 is 0. The van der Waals surface area contributed by atoms with Gasteiger partial charge in [0.2, 0.25) is 15.9 Å². The van der Waals surface area contributed by atoms with Gasteiger partial charge in [-0.2, -0.15) is 17.5 Å². The van der Waals surface area contributed by atoms with Gasteiger partial charge < -0.3 is 9.47 Å². The molecule has 0 radical (unpaired) electrons. The van der Waals surface area contributed by atoms with Gasteiger partial charge in [0.05, 0.1) is 4.90 Å². The first-order chi connectivity index (χ1) is 14.4. The number of piperazine rings is 1. The van der Waals surface area contributed by atoms with Crippen LogP contribution < -0.4 is 5.56 Å². The van der Waals surface area contributed by atoms with Crippen molar-refractivity contribution in [2.45, 2.75) is 17.6 Å². The maximum atomic E-state index is 13.4. The highest BCUT2D eigenvalue weighted by molar-refractivity contribution is 7.89. The molecule has 0 spiro atoms. The van der Waals surface area contributed by atoms with Crippen LogP contribution >= 0.6 is 0 Å². The number of hydrogen-bond donors (Lipinski definition) is 0. The average Bonchev–Trinajstić information content (AvgIpc) is 2.70. The van der Waals surface area contributed by atoms with Gasteiger partial charge in [0.25, 0.3) is 5.56 Å². The van der Waals surface area contributed by atoms with Crippen molar-refractivity contribution in [1.82, 2.24) is 13.8 Å². The Morgan fingerprint density at radius 3 is 2.23 bits per heavy atom. The average molecular weight is 465 g/mol. The molecular formula is C18H16F5N3O4S. The lowest BCUT2D eigenvalue weighted by atomic mass is 10.2. The second-order valence-corrected chi connectivity index (χ2v) is 8.65. The summed E-state index contributed by atoms with van der Waals surface area (Å²) in [5.41, 5.74) is -2.76. The van der Waals surface area contributed by atoms with Crippen LogP contribution in [0.15, 0.2) is 46.2 Å². The molecule has 7 nitrogen and oxygen atoms in total. The normalized spacial score (nSPS) is 15.8. The highest BCUT2D eigenvalue weighted by Crippen LogP contribution is 2.26.